The number of hydrogen-bond donors (Lipinski definition) is 4. The molecule has 120 valence electrons. The van der Waals surface area contributed by atoms with Crippen molar-refractivity contribution in [1.29, 1.82) is 0 Å². The molecular formula is C15H31NO4. The third-order valence-electron chi connectivity index (χ3n) is 3.51. The van der Waals surface area contributed by atoms with Gasteiger partial charge in [-0.15, -0.1) is 0 Å². The minimum atomic E-state index is -1.44. The Morgan fingerprint density at radius 3 is 1.75 bits per heavy atom. The summed E-state index contributed by atoms with van der Waals surface area (Å²) in [5.74, 6) is -0.381. The number of hydrogen-bond acceptors (Lipinski definition) is 5. The van der Waals surface area contributed by atoms with Gasteiger partial charge in [0.15, 0.2) is 5.78 Å². The molecule has 5 heteroatoms. The van der Waals surface area contributed by atoms with Crippen LogP contribution in [0.4, 0.5) is 0 Å². The molecule has 0 bridgehead atoms. The van der Waals surface area contributed by atoms with E-state index in [-0.39, 0.29) is 12.2 Å². The van der Waals surface area contributed by atoms with Crippen molar-refractivity contribution in [1.82, 2.24) is 0 Å². The molecule has 20 heavy (non-hydrogen) atoms. The maximum absolute atomic E-state index is 11.4. The van der Waals surface area contributed by atoms with Crippen molar-refractivity contribution in [3.05, 3.63) is 0 Å². The van der Waals surface area contributed by atoms with Crippen molar-refractivity contribution >= 4 is 5.78 Å². The molecule has 2 unspecified atom stereocenters. The summed E-state index contributed by atoms with van der Waals surface area (Å²) in [6, 6.07) is 0. The van der Waals surface area contributed by atoms with E-state index < -0.39 is 18.8 Å². The number of aliphatic hydroxyl groups excluding tert-OH is 3. The summed E-state index contributed by atoms with van der Waals surface area (Å²) in [5, 5.41) is 27.1. The highest BCUT2D eigenvalue weighted by atomic mass is 16.4. The van der Waals surface area contributed by atoms with Crippen LogP contribution in [0.3, 0.4) is 0 Å². The fraction of sp³-hybridized carbons (Fsp3) is 0.933. The second kappa shape index (κ2) is 13.5. The monoisotopic (exact) mass is 289 g/mol. The fourth-order valence-corrected chi connectivity index (χ4v) is 2.14. The smallest absolute Gasteiger partial charge is 0.164 e. The first-order valence-corrected chi connectivity index (χ1v) is 7.83. The number of nitrogens with two attached hydrogens (primary N) is 1. The van der Waals surface area contributed by atoms with Gasteiger partial charge in [-0.2, -0.15) is 0 Å². The SMILES string of the molecule is NCCCCCCCCCCCC(=O)C(O)C(O)CO. The lowest BCUT2D eigenvalue weighted by Gasteiger charge is -2.13. The molecule has 0 amide bonds. The Balaban J connectivity index is 3.33. The van der Waals surface area contributed by atoms with Gasteiger partial charge in [-0.05, 0) is 19.4 Å². The first-order chi connectivity index (χ1) is 9.63. The van der Waals surface area contributed by atoms with E-state index in [2.05, 4.69) is 0 Å². The zero-order chi connectivity index (χ0) is 15.2. The number of carbonyl (C=O) groups excluding carboxylic acids is 1. The van der Waals surface area contributed by atoms with E-state index in [1.165, 1.54) is 32.1 Å². The Labute approximate surface area is 122 Å². The third kappa shape index (κ3) is 10.3. The van der Waals surface area contributed by atoms with Crippen molar-refractivity contribution in [2.45, 2.75) is 76.4 Å². The lowest BCUT2D eigenvalue weighted by Crippen LogP contribution is -2.36. The molecule has 0 aromatic rings. The van der Waals surface area contributed by atoms with Crippen LogP contribution >= 0.6 is 0 Å². The van der Waals surface area contributed by atoms with Crippen LogP contribution < -0.4 is 5.73 Å². The van der Waals surface area contributed by atoms with Crippen LogP contribution in [-0.4, -0.2) is 46.5 Å². The largest absolute Gasteiger partial charge is 0.394 e. The van der Waals surface area contributed by atoms with E-state index in [4.69, 9.17) is 15.9 Å². The molecule has 0 fully saturated rings. The topological polar surface area (TPSA) is 104 Å². The Hall–Kier alpha value is -0.490. The Bertz CT molecular complexity index is 236. The van der Waals surface area contributed by atoms with Crippen LogP contribution in [0.25, 0.3) is 0 Å². The molecular weight excluding hydrogens is 258 g/mol. The van der Waals surface area contributed by atoms with Crippen LogP contribution in [0.2, 0.25) is 0 Å². The quantitative estimate of drug-likeness (QED) is 0.359. The highest BCUT2D eigenvalue weighted by molar-refractivity contribution is 5.83. The van der Waals surface area contributed by atoms with E-state index in [9.17, 15) is 9.90 Å². The Morgan fingerprint density at radius 2 is 1.30 bits per heavy atom. The second-order valence-corrected chi connectivity index (χ2v) is 5.38. The standard InChI is InChI=1S/C15H31NO4/c16-11-9-7-5-3-1-2-4-6-8-10-13(18)15(20)14(19)12-17/h14-15,17,19-20H,1-12,16H2. The molecule has 0 aliphatic carbocycles. The summed E-state index contributed by atoms with van der Waals surface area (Å²) in [6.45, 7) is 0.196. The number of unbranched alkanes of at least 4 members (excludes halogenated alkanes) is 8. The van der Waals surface area contributed by atoms with Gasteiger partial charge in [0.1, 0.15) is 12.2 Å². The molecule has 5 N–H and O–H groups in total. The minimum Gasteiger partial charge on any atom is -0.394 e. The fourth-order valence-electron chi connectivity index (χ4n) is 2.14. The summed E-state index contributed by atoms with van der Waals surface area (Å²) in [4.78, 5) is 11.4. The van der Waals surface area contributed by atoms with E-state index in [1.807, 2.05) is 0 Å². The molecule has 0 aliphatic heterocycles. The molecule has 0 aliphatic rings. The van der Waals surface area contributed by atoms with Crippen LogP contribution in [0.1, 0.15) is 64.2 Å². The molecule has 0 radical (unpaired) electrons. The third-order valence-corrected chi connectivity index (χ3v) is 3.51. The van der Waals surface area contributed by atoms with Crippen LogP contribution in [0.15, 0.2) is 0 Å². The molecule has 5 nitrogen and oxygen atoms in total. The Kier molecular flexibility index (Phi) is 13.2. The van der Waals surface area contributed by atoms with Gasteiger partial charge in [-0.1, -0.05) is 44.9 Å². The maximum atomic E-state index is 11.4. The average Bonchev–Trinajstić information content (AvgIpc) is 2.47. The van der Waals surface area contributed by atoms with Gasteiger partial charge in [0, 0.05) is 6.42 Å². The van der Waals surface area contributed by atoms with Crippen molar-refractivity contribution in [3.8, 4) is 0 Å². The molecule has 0 aromatic heterocycles. The lowest BCUT2D eigenvalue weighted by atomic mass is 10.0. The molecule has 0 rings (SSSR count). The number of Topliss-reactive ketones (excluding diaryl/α,β-unsaturated/α-hetero) is 1. The number of carbonyl (C=O) groups is 1. The number of rotatable bonds is 14. The van der Waals surface area contributed by atoms with Gasteiger partial charge < -0.3 is 21.1 Å². The first kappa shape index (κ1) is 19.5. The molecule has 0 saturated heterocycles. The van der Waals surface area contributed by atoms with Crippen LogP contribution in [-0.2, 0) is 4.79 Å². The predicted octanol–water partition coefficient (Wildman–Crippen LogP) is 1.13. The van der Waals surface area contributed by atoms with Gasteiger partial charge >= 0.3 is 0 Å². The number of aliphatic hydroxyl groups is 3. The molecule has 0 spiro atoms. The van der Waals surface area contributed by atoms with Gasteiger partial charge in [0.25, 0.3) is 0 Å². The summed E-state index contributed by atoms with van der Waals surface area (Å²) in [6.07, 6.45) is 7.53. The van der Waals surface area contributed by atoms with E-state index in [0.717, 1.165) is 32.2 Å². The van der Waals surface area contributed by atoms with Crippen LogP contribution in [0, 0.1) is 0 Å². The van der Waals surface area contributed by atoms with E-state index in [1.54, 1.807) is 0 Å². The zero-order valence-electron chi connectivity index (χ0n) is 12.5. The van der Waals surface area contributed by atoms with E-state index >= 15 is 0 Å². The normalized spacial score (nSPS) is 14.2. The summed E-state index contributed by atoms with van der Waals surface area (Å²) in [7, 11) is 0. The second-order valence-electron chi connectivity index (χ2n) is 5.38. The van der Waals surface area contributed by atoms with Crippen molar-refractivity contribution in [2.24, 2.45) is 5.73 Å². The highest BCUT2D eigenvalue weighted by Crippen LogP contribution is 2.11. The van der Waals surface area contributed by atoms with Gasteiger partial charge in [0.05, 0.1) is 6.61 Å². The van der Waals surface area contributed by atoms with E-state index in [0.29, 0.717) is 0 Å². The maximum Gasteiger partial charge on any atom is 0.164 e. The van der Waals surface area contributed by atoms with Crippen molar-refractivity contribution in [3.63, 3.8) is 0 Å². The summed E-state index contributed by atoms with van der Waals surface area (Å²) in [5.41, 5.74) is 5.42. The lowest BCUT2D eigenvalue weighted by molar-refractivity contribution is -0.134. The number of ketones is 1. The zero-order valence-corrected chi connectivity index (χ0v) is 12.5. The van der Waals surface area contributed by atoms with Crippen LogP contribution in [0.5, 0.6) is 0 Å². The van der Waals surface area contributed by atoms with Gasteiger partial charge in [0.2, 0.25) is 0 Å². The Morgan fingerprint density at radius 1 is 0.850 bits per heavy atom. The predicted molar refractivity (Wildman–Crippen MR) is 79.3 cm³/mol. The summed E-state index contributed by atoms with van der Waals surface area (Å²) >= 11 is 0. The van der Waals surface area contributed by atoms with Crippen molar-refractivity contribution < 1.29 is 20.1 Å². The average molecular weight is 289 g/mol. The van der Waals surface area contributed by atoms with Gasteiger partial charge in [-0.25, -0.2) is 0 Å². The molecule has 0 saturated carbocycles. The minimum absolute atomic E-state index is 0.273. The molecule has 0 aromatic carbocycles. The molecule has 0 heterocycles. The highest BCUT2D eigenvalue weighted by Gasteiger charge is 2.22. The molecule has 2 atom stereocenters. The first-order valence-electron chi connectivity index (χ1n) is 7.83. The van der Waals surface area contributed by atoms with Gasteiger partial charge in [-0.3, -0.25) is 4.79 Å². The van der Waals surface area contributed by atoms with Crippen molar-refractivity contribution in [2.75, 3.05) is 13.2 Å². The summed E-state index contributed by atoms with van der Waals surface area (Å²) < 4.78 is 0.